The van der Waals surface area contributed by atoms with E-state index in [1.54, 1.807) is 0 Å². The molecular weight excluding hydrogens is 240 g/mol. The molecule has 0 aromatic heterocycles. The van der Waals surface area contributed by atoms with Gasteiger partial charge in [0.05, 0.1) is 6.42 Å². The molecule has 4 heteroatoms. The summed E-state index contributed by atoms with van der Waals surface area (Å²) in [6, 6.07) is 7.70. The third-order valence-corrected chi connectivity index (χ3v) is 3.83. The van der Waals surface area contributed by atoms with Crippen molar-refractivity contribution in [2.45, 2.75) is 31.2 Å². The fraction of sp³-hybridized carbons (Fsp3) is 0.533. The SMILES string of the molecule is CN1CCCC(c2cccc(C(N)CC(=O)O)c2)C1. The van der Waals surface area contributed by atoms with Gasteiger partial charge in [0, 0.05) is 12.6 Å². The van der Waals surface area contributed by atoms with Crippen LogP contribution in [0.1, 0.15) is 42.3 Å². The average Bonchev–Trinajstić information content (AvgIpc) is 2.38. The zero-order valence-electron chi connectivity index (χ0n) is 11.4. The van der Waals surface area contributed by atoms with E-state index in [2.05, 4.69) is 24.1 Å². The fourth-order valence-electron chi connectivity index (χ4n) is 2.79. The number of nitrogens with two attached hydrogens (primary N) is 1. The first-order chi connectivity index (χ1) is 9.06. The van der Waals surface area contributed by atoms with Crippen molar-refractivity contribution < 1.29 is 9.90 Å². The Balaban J connectivity index is 2.12. The van der Waals surface area contributed by atoms with Crippen molar-refractivity contribution in [2.75, 3.05) is 20.1 Å². The summed E-state index contributed by atoms with van der Waals surface area (Å²) < 4.78 is 0. The number of likely N-dealkylation sites (N-methyl/N-ethyl adjacent to an activating group) is 1. The number of carbonyl (C=O) groups is 1. The Morgan fingerprint density at radius 3 is 3.05 bits per heavy atom. The molecule has 1 aromatic rings. The zero-order chi connectivity index (χ0) is 13.8. The molecule has 19 heavy (non-hydrogen) atoms. The third kappa shape index (κ3) is 3.78. The Kier molecular flexibility index (Phi) is 4.56. The summed E-state index contributed by atoms with van der Waals surface area (Å²) in [7, 11) is 2.15. The first kappa shape index (κ1) is 14.0. The average molecular weight is 262 g/mol. The van der Waals surface area contributed by atoms with Crippen LogP contribution in [0.25, 0.3) is 0 Å². The molecule has 1 aromatic carbocycles. The van der Waals surface area contributed by atoms with E-state index in [-0.39, 0.29) is 6.42 Å². The molecule has 104 valence electrons. The van der Waals surface area contributed by atoms with Gasteiger partial charge in [0.15, 0.2) is 0 Å². The molecule has 2 unspecified atom stereocenters. The van der Waals surface area contributed by atoms with Crippen LogP contribution in [0.5, 0.6) is 0 Å². The van der Waals surface area contributed by atoms with Gasteiger partial charge in [0.2, 0.25) is 0 Å². The Bertz CT molecular complexity index is 448. The van der Waals surface area contributed by atoms with Gasteiger partial charge in [-0.2, -0.15) is 0 Å². The molecule has 1 heterocycles. The molecular formula is C15H22N2O2. The highest BCUT2D eigenvalue weighted by atomic mass is 16.4. The van der Waals surface area contributed by atoms with Crippen molar-refractivity contribution in [1.82, 2.24) is 4.90 Å². The number of piperidine rings is 1. The van der Waals surface area contributed by atoms with Crippen molar-refractivity contribution in [1.29, 1.82) is 0 Å². The summed E-state index contributed by atoms with van der Waals surface area (Å²) in [5.41, 5.74) is 8.14. The number of hydrogen-bond donors (Lipinski definition) is 2. The van der Waals surface area contributed by atoms with Crippen LogP contribution in [0.15, 0.2) is 24.3 Å². The van der Waals surface area contributed by atoms with Gasteiger partial charge in [0.1, 0.15) is 0 Å². The molecule has 1 fully saturated rings. The molecule has 2 rings (SSSR count). The van der Waals surface area contributed by atoms with Crippen LogP contribution in [0.2, 0.25) is 0 Å². The minimum Gasteiger partial charge on any atom is -0.481 e. The first-order valence-electron chi connectivity index (χ1n) is 6.82. The Morgan fingerprint density at radius 2 is 2.37 bits per heavy atom. The number of rotatable bonds is 4. The molecule has 0 bridgehead atoms. The summed E-state index contributed by atoms with van der Waals surface area (Å²) in [5, 5.41) is 8.81. The molecule has 4 nitrogen and oxygen atoms in total. The maximum absolute atomic E-state index is 10.7. The Hall–Kier alpha value is -1.39. The van der Waals surface area contributed by atoms with E-state index in [9.17, 15) is 4.79 Å². The molecule has 1 aliphatic heterocycles. The lowest BCUT2D eigenvalue weighted by molar-refractivity contribution is -0.137. The summed E-state index contributed by atoms with van der Waals surface area (Å²) in [4.78, 5) is 13.1. The standard InChI is InChI=1S/C15H22N2O2/c1-17-7-3-6-13(10-17)11-4-2-5-12(8-11)14(16)9-15(18)19/h2,4-5,8,13-14H,3,6-7,9-10,16H2,1H3,(H,18,19). The largest absolute Gasteiger partial charge is 0.481 e. The van der Waals surface area contributed by atoms with Crippen molar-refractivity contribution in [2.24, 2.45) is 5.73 Å². The summed E-state index contributed by atoms with van der Waals surface area (Å²) in [5.74, 6) is -0.314. The highest BCUT2D eigenvalue weighted by molar-refractivity contribution is 5.67. The van der Waals surface area contributed by atoms with E-state index in [1.165, 1.54) is 18.4 Å². The Labute approximate surface area is 114 Å². The lowest BCUT2D eigenvalue weighted by Crippen LogP contribution is -2.30. The summed E-state index contributed by atoms with van der Waals surface area (Å²) in [6.07, 6.45) is 2.39. The van der Waals surface area contributed by atoms with Crippen molar-refractivity contribution in [3.8, 4) is 0 Å². The van der Waals surface area contributed by atoms with Gasteiger partial charge in [0.25, 0.3) is 0 Å². The van der Waals surface area contributed by atoms with Gasteiger partial charge in [-0.25, -0.2) is 0 Å². The van der Waals surface area contributed by atoms with E-state index in [4.69, 9.17) is 10.8 Å². The third-order valence-electron chi connectivity index (χ3n) is 3.83. The van der Waals surface area contributed by atoms with E-state index in [0.717, 1.165) is 18.7 Å². The highest BCUT2D eigenvalue weighted by Crippen LogP contribution is 2.28. The minimum atomic E-state index is -0.852. The van der Waals surface area contributed by atoms with E-state index >= 15 is 0 Å². The van der Waals surface area contributed by atoms with Gasteiger partial charge in [-0.1, -0.05) is 24.3 Å². The molecule has 0 aliphatic carbocycles. The fourth-order valence-corrected chi connectivity index (χ4v) is 2.79. The molecule has 0 spiro atoms. The second-order valence-electron chi connectivity index (χ2n) is 5.48. The minimum absolute atomic E-state index is 0.0198. The van der Waals surface area contributed by atoms with Crippen LogP contribution in [0.3, 0.4) is 0 Å². The van der Waals surface area contributed by atoms with E-state index in [1.807, 2.05) is 12.1 Å². The number of hydrogen-bond acceptors (Lipinski definition) is 3. The van der Waals surface area contributed by atoms with Crippen LogP contribution in [0.4, 0.5) is 0 Å². The van der Waals surface area contributed by atoms with Crippen LogP contribution >= 0.6 is 0 Å². The lowest BCUT2D eigenvalue weighted by Gasteiger charge is -2.30. The Morgan fingerprint density at radius 1 is 1.58 bits per heavy atom. The predicted octanol–water partition coefficient (Wildman–Crippen LogP) is 1.97. The molecule has 1 aliphatic rings. The molecule has 3 N–H and O–H groups in total. The quantitative estimate of drug-likeness (QED) is 0.870. The van der Waals surface area contributed by atoms with E-state index < -0.39 is 12.0 Å². The van der Waals surface area contributed by atoms with Gasteiger partial charge in [-0.3, -0.25) is 4.79 Å². The summed E-state index contributed by atoms with van der Waals surface area (Å²) >= 11 is 0. The van der Waals surface area contributed by atoms with Crippen LogP contribution in [0, 0.1) is 0 Å². The van der Waals surface area contributed by atoms with Crippen LogP contribution in [-0.4, -0.2) is 36.1 Å². The lowest BCUT2D eigenvalue weighted by atomic mass is 9.89. The first-order valence-corrected chi connectivity index (χ1v) is 6.82. The van der Waals surface area contributed by atoms with Gasteiger partial charge in [-0.05, 0) is 43.5 Å². The number of nitrogens with zero attached hydrogens (tertiary/aromatic N) is 1. The zero-order valence-corrected chi connectivity index (χ0v) is 11.4. The smallest absolute Gasteiger partial charge is 0.305 e. The second kappa shape index (κ2) is 6.17. The molecule has 2 atom stereocenters. The van der Waals surface area contributed by atoms with Gasteiger partial charge < -0.3 is 15.7 Å². The maximum Gasteiger partial charge on any atom is 0.305 e. The maximum atomic E-state index is 10.7. The van der Waals surface area contributed by atoms with Crippen LogP contribution < -0.4 is 5.73 Å². The van der Waals surface area contributed by atoms with Crippen molar-refractivity contribution in [3.63, 3.8) is 0 Å². The monoisotopic (exact) mass is 262 g/mol. The summed E-state index contributed by atoms with van der Waals surface area (Å²) in [6.45, 7) is 2.23. The highest BCUT2D eigenvalue weighted by Gasteiger charge is 2.20. The predicted molar refractivity (Wildman–Crippen MR) is 75.1 cm³/mol. The second-order valence-corrected chi connectivity index (χ2v) is 5.48. The molecule has 0 saturated carbocycles. The van der Waals surface area contributed by atoms with Crippen molar-refractivity contribution in [3.05, 3.63) is 35.4 Å². The van der Waals surface area contributed by atoms with E-state index in [0.29, 0.717) is 5.92 Å². The number of carboxylic acid groups (broad SMARTS) is 1. The number of carboxylic acids is 1. The van der Waals surface area contributed by atoms with Gasteiger partial charge >= 0.3 is 5.97 Å². The van der Waals surface area contributed by atoms with Gasteiger partial charge in [-0.15, -0.1) is 0 Å². The number of aliphatic carboxylic acids is 1. The van der Waals surface area contributed by atoms with Crippen molar-refractivity contribution >= 4 is 5.97 Å². The molecule has 0 amide bonds. The number of benzene rings is 1. The number of likely N-dealkylation sites (tertiary alicyclic amines) is 1. The molecule has 1 saturated heterocycles. The molecule has 0 radical (unpaired) electrons. The topological polar surface area (TPSA) is 66.6 Å². The van der Waals surface area contributed by atoms with Crippen LogP contribution in [-0.2, 0) is 4.79 Å². The normalized spacial score (nSPS) is 22.1.